The minimum Gasteiger partial charge on any atom is -0.445 e. The molecular weight excluding hydrogens is 376 g/mol. The van der Waals surface area contributed by atoms with E-state index in [1.165, 1.54) is 0 Å². The first-order valence-corrected chi connectivity index (χ1v) is 9.58. The zero-order valence-corrected chi connectivity index (χ0v) is 16.2. The normalized spacial score (nSPS) is 10.4. The number of carbonyl (C=O) groups excluding carboxylic acids is 1. The molecule has 1 amide bonds. The van der Waals surface area contributed by atoms with Crippen molar-refractivity contribution < 1.29 is 9.53 Å². The van der Waals surface area contributed by atoms with E-state index in [0.717, 1.165) is 16.7 Å². The topological polar surface area (TPSA) is 77.0 Å². The van der Waals surface area contributed by atoms with Gasteiger partial charge in [0.15, 0.2) is 5.82 Å². The van der Waals surface area contributed by atoms with Gasteiger partial charge in [-0.05, 0) is 5.56 Å². The van der Waals surface area contributed by atoms with Crippen molar-refractivity contribution in [2.24, 2.45) is 0 Å². The summed E-state index contributed by atoms with van der Waals surface area (Å²) < 4.78 is 5.23. The summed E-state index contributed by atoms with van der Waals surface area (Å²) in [7, 11) is 0. The maximum absolute atomic E-state index is 12.0. The molecule has 4 rings (SSSR count). The van der Waals surface area contributed by atoms with Crippen molar-refractivity contribution in [3.63, 3.8) is 0 Å². The lowest BCUT2D eigenvalue weighted by atomic mass is 10.0. The van der Waals surface area contributed by atoms with Crippen LogP contribution in [-0.4, -0.2) is 21.3 Å². The van der Waals surface area contributed by atoms with Crippen molar-refractivity contribution in [1.82, 2.24) is 20.5 Å². The fraction of sp³-hybridized carbons (Fsp3) is 0.0833. The number of rotatable bonds is 6. The highest BCUT2D eigenvalue weighted by molar-refractivity contribution is 5.77. The molecule has 1 N–H and O–H groups in total. The van der Waals surface area contributed by atoms with E-state index in [-0.39, 0.29) is 13.2 Å². The summed E-state index contributed by atoms with van der Waals surface area (Å²) >= 11 is 0. The number of aromatic nitrogens is 3. The first-order chi connectivity index (χ1) is 14.8. The number of benzene rings is 3. The Kier molecular flexibility index (Phi) is 6.05. The minimum atomic E-state index is -0.532. The maximum atomic E-state index is 12.0. The van der Waals surface area contributed by atoms with Gasteiger partial charge in [-0.15, -0.1) is 10.2 Å². The first-order valence-electron chi connectivity index (χ1n) is 9.58. The molecule has 0 aliphatic carbocycles. The van der Waals surface area contributed by atoms with E-state index in [0.29, 0.717) is 17.2 Å². The van der Waals surface area contributed by atoms with Gasteiger partial charge in [0.05, 0.1) is 6.54 Å². The van der Waals surface area contributed by atoms with E-state index < -0.39 is 6.09 Å². The second-order valence-corrected chi connectivity index (χ2v) is 6.57. The van der Waals surface area contributed by atoms with E-state index in [1.54, 1.807) is 0 Å². The number of amides is 1. The SMILES string of the molecule is O=C(NCc1nnc(-c2ccccc2)c(-c2ccccc2)n1)OCc1ccccc1. The lowest BCUT2D eigenvalue weighted by Crippen LogP contribution is -2.25. The summed E-state index contributed by atoms with van der Waals surface area (Å²) in [6, 6.07) is 29.1. The van der Waals surface area contributed by atoms with Gasteiger partial charge >= 0.3 is 6.09 Å². The second-order valence-electron chi connectivity index (χ2n) is 6.57. The molecule has 6 heteroatoms. The molecule has 0 unspecified atom stereocenters. The Balaban J connectivity index is 1.49. The molecule has 0 radical (unpaired) electrons. The van der Waals surface area contributed by atoms with Crippen molar-refractivity contribution in [1.29, 1.82) is 0 Å². The Morgan fingerprint density at radius 3 is 1.93 bits per heavy atom. The molecule has 0 bridgehead atoms. The van der Waals surface area contributed by atoms with E-state index in [9.17, 15) is 4.79 Å². The molecule has 0 atom stereocenters. The van der Waals surface area contributed by atoms with Gasteiger partial charge in [0.1, 0.15) is 18.0 Å². The molecule has 0 aliphatic heterocycles. The standard InChI is InChI=1S/C24H20N4O2/c29-24(30-17-18-10-4-1-5-11-18)25-16-21-26-22(19-12-6-2-7-13-19)23(28-27-21)20-14-8-3-9-15-20/h1-15H,16-17H2,(H,25,29). The summed E-state index contributed by atoms with van der Waals surface area (Å²) in [6.45, 7) is 0.323. The fourth-order valence-corrected chi connectivity index (χ4v) is 2.95. The summed E-state index contributed by atoms with van der Waals surface area (Å²) in [5.74, 6) is 0.408. The largest absolute Gasteiger partial charge is 0.445 e. The lowest BCUT2D eigenvalue weighted by molar-refractivity contribution is 0.139. The van der Waals surface area contributed by atoms with Crippen molar-refractivity contribution in [2.45, 2.75) is 13.2 Å². The fourth-order valence-electron chi connectivity index (χ4n) is 2.95. The molecule has 0 saturated carbocycles. The number of hydrogen-bond donors (Lipinski definition) is 1. The summed E-state index contributed by atoms with van der Waals surface area (Å²) in [5.41, 5.74) is 4.19. The monoisotopic (exact) mass is 396 g/mol. The third-order valence-electron chi connectivity index (χ3n) is 4.43. The molecule has 0 aliphatic rings. The van der Waals surface area contributed by atoms with Crippen LogP contribution in [0, 0.1) is 0 Å². The molecule has 148 valence electrons. The van der Waals surface area contributed by atoms with Crippen LogP contribution in [0.2, 0.25) is 0 Å². The summed E-state index contributed by atoms with van der Waals surface area (Å²) in [6.07, 6.45) is -0.532. The summed E-state index contributed by atoms with van der Waals surface area (Å²) in [4.78, 5) is 16.7. The Morgan fingerprint density at radius 1 is 0.733 bits per heavy atom. The first kappa shape index (κ1) is 19.3. The number of ether oxygens (including phenoxy) is 1. The van der Waals surface area contributed by atoms with Crippen molar-refractivity contribution >= 4 is 6.09 Å². The maximum Gasteiger partial charge on any atom is 0.407 e. The van der Waals surface area contributed by atoms with Crippen LogP contribution in [0.5, 0.6) is 0 Å². The Labute approximate surface area is 174 Å². The second kappa shape index (κ2) is 9.43. The van der Waals surface area contributed by atoms with Gasteiger partial charge in [-0.25, -0.2) is 9.78 Å². The molecule has 0 saturated heterocycles. The van der Waals surface area contributed by atoms with Crippen LogP contribution in [0.4, 0.5) is 4.79 Å². The Bertz CT molecular complexity index is 1100. The van der Waals surface area contributed by atoms with Crippen LogP contribution in [0.25, 0.3) is 22.5 Å². The van der Waals surface area contributed by atoms with Crippen molar-refractivity contribution in [3.8, 4) is 22.5 Å². The molecule has 0 fully saturated rings. The summed E-state index contributed by atoms with van der Waals surface area (Å²) in [5, 5.41) is 11.3. The zero-order chi connectivity index (χ0) is 20.6. The Morgan fingerprint density at radius 2 is 1.30 bits per heavy atom. The lowest BCUT2D eigenvalue weighted by Gasteiger charge is -2.10. The van der Waals surface area contributed by atoms with E-state index >= 15 is 0 Å². The van der Waals surface area contributed by atoms with E-state index in [1.807, 2.05) is 91.0 Å². The predicted octanol–water partition coefficient (Wildman–Crippen LogP) is 4.63. The smallest absolute Gasteiger partial charge is 0.407 e. The average Bonchev–Trinajstić information content (AvgIpc) is 2.83. The van der Waals surface area contributed by atoms with Crippen LogP contribution in [-0.2, 0) is 17.9 Å². The highest BCUT2D eigenvalue weighted by Gasteiger charge is 2.14. The predicted molar refractivity (Wildman–Crippen MR) is 114 cm³/mol. The molecular formula is C24H20N4O2. The van der Waals surface area contributed by atoms with Gasteiger partial charge in [-0.1, -0.05) is 91.0 Å². The van der Waals surface area contributed by atoms with Gasteiger partial charge in [0, 0.05) is 11.1 Å². The highest BCUT2D eigenvalue weighted by Crippen LogP contribution is 2.27. The Hall–Kier alpha value is -4.06. The third kappa shape index (κ3) is 4.86. The van der Waals surface area contributed by atoms with Gasteiger partial charge in [-0.2, -0.15) is 0 Å². The minimum absolute atomic E-state index is 0.121. The molecule has 1 aromatic heterocycles. The quantitative estimate of drug-likeness (QED) is 0.514. The van der Waals surface area contributed by atoms with E-state index in [4.69, 9.17) is 4.74 Å². The number of nitrogens with one attached hydrogen (secondary N) is 1. The van der Waals surface area contributed by atoms with Gasteiger partial charge in [0.2, 0.25) is 0 Å². The number of hydrogen-bond acceptors (Lipinski definition) is 5. The number of nitrogens with zero attached hydrogens (tertiary/aromatic N) is 3. The van der Waals surface area contributed by atoms with Crippen LogP contribution in [0.3, 0.4) is 0 Å². The molecule has 0 spiro atoms. The molecule has 3 aromatic carbocycles. The molecule has 30 heavy (non-hydrogen) atoms. The van der Waals surface area contributed by atoms with Gasteiger partial charge in [-0.3, -0.25) is 0 Å². The van der Waals surface area contributed by atoms with Gasteiger partial charge < -0.3 is 10.1 Å². The molecule has 1 heterocycles. The third-order valence-corrected chi connectivity index (χ3v) is 4.43. The molecule has 6 nitrogen and oxygen atoms in total. The van der Waals surface area contributed by atoms with Crippen LogP contribution < -0.4 is 5.32 Å². The number of alkyl carbamates (subject to hydrolysis) is 1. The average molecular weight is 396 g/mol. The molecule has 4 aromatic rings. The zero-order valence-electron chi connectivity index (χ0n) is 16.2. The van der Waals surface area contributed by atoms with Gasteiger partial charge in [0.25, 0.3) is 0 Å². The van der Waals surface area contributed by atoms with Crippen LogP contribution in [0.15, 0.2) is 91.0 Å². The van der Waals surface area contributed by atoms with Crippen molar-refractivity contribution in [3.05, 3.63) is 102 Å². The van der Waals surface area contributed by atoms with Crippen molar-refractivity contribution in [2.75, 3.05) is 0 Å². The number of carbonyl (C=O) groups is 1. The van der Waals surface area contributed by atoms with Crippen LogP contribution in [0.1, 0.15) is 11.4 Å². The van der Waals surface area contributed by atoms with Crippen LogP contribution >= 0.6 is 0 Å². The highest BCUT2D eigenvalue weighted by atomic mass is 16.5. The van der Waals surface area contributed by atoms with E-state index in [2.05, 4.69) is 20.5 Å².